The van der Waals surface area contributed by atoms with E-state index >= 15 is 0 Å². The molecule has 2 rings (SSSR count). The summed E-state index contributed by atoms with van der Waals surface area (Å²) in [7, 11) is 0. The molecule has 0 aromatic heterocycles. The molecule has 34 heavy (non-hydrogen) atoms. The van der Waals surface area contributed by atoms with E-state index in [-0.39, 0.29) is 0 Å². The molecular weight excluding hydrogens is 408 g/mol. The zero-order chi connectivity index (χ0) is 24.1. The van der Waals surface area contributed by atoms with Crippen LogP contribution in [0.4, 0.5) is 0 Å². The Morgan fingerprint density at radius 2 is 0.853 bits per heavy atom. The van der Waals surface area contributed by atoms with Gasteiger partial charge in [-0.1, -0.05) is 166 Å². The van der Waals surface area contributed by atoms with Gasteiger partial charge in [0.2, 0.25) is 0 Å². The molecule has 0 saturated heterocycles. The molecule has 0 aliphatic heterocycles. The summed E-state index contributed by atoms with van der Waals surface area (Å²) in [5, 5.41) is 2.94. The van der Waals surface area contributed by atoms with E-state index in [1.807, 2.05) is 0 Å². The van der Waals surface area contributed by atoms with Crippen molar-refractivity contribution >= 4 is 10.8 Å². The average molecular weight is 465 g/mol. The molecule has 2 aromatic carbocycles. The van der Waals surface area contributed by atoms with Gasteiger partial charge in [-0.25, -0.2) is 0 Å². The number of unbranched alkanes of at least 4 members (excludes halogenated alkanes) is 18. The first-order valence-electron chi connectivity index (χ1n) is 15.4. The molecule has 0 aliphatic rings. The lowest BCUT2D eigenvalue weighted by Gasteiger charge is -2.14. The first-order chi connectivity index (χ1) is 16.9. The molecular formula is C34H56. The first-order valence-corrected chi connectivity index (χ1v) is 15.4. The van der Waals surface area contributed by atoms with Gasteiger partial charge in [0.05, 0.1) is 0 Å². The summed E-state index contributed by atoms with van der Waals surface area (Å²) >= 11 is 0. The minimum Gasteiger partial charge on any atom is -0.0654 e. The topological polar surface area (TPSA) is 0 Å². The van der Waals surface area contributed by atoms with E-state index in [1.54, 1.807) is 11.1 Å². The monoisotopic (exact) mass is 464 g/mol. The van der Waals surface area contributed by atoms with Gasteiger partial charge in [-0.2, -0.15) is 0 Å². The van der Waals surface area contributed by atoms with Crippen LogP contribution in [0, 0.1) is 0 Å². The van der Waals surface area contributed by atoms with Crippen LogP contribution in [0.1, 0.15) is 153 Å². The van der Waals surface area contributed by atoms with Crippen LogP contribution >= 0.6 is 0 Å². The third kappa shape index (κ3) is 12.4. The highest BCUT2D eigenvalue weighted by Gasteiger charge is 2.08. The lowest BCUT2D eigenvalue weighted by Crippen LogP contribution is -1.97. The van der Waals surface area contributed by atoms with Gasteiger partial charge in [-0.15, -0.1) is 0 Å². The van der Waals surface area contributed by atoms with Gasteiger partial charge < -0.3 is 0 Å². The Morgan fingerprint density at radius 1 is 0.412 bits per heavy atom. The Morgan fingerprint density at radius 3 is 1.38 bits per heavy atom. The molecule has 2 aromatic rings. The van der Waals surface area contributed by atoms with Gasteiger partial charge >= 0.3 is 0 Å². The van der Waals surface area contributed by atoms with Crippen LogP contribution in [0.2, 0.25) is 0 Å². The van der Waals surface area contributed by atoms with E-state index < -0.39 is 0 Å². The normalized spacial score (nSPS) is 11.5. The minimum atomic E-state index is 1.27. The van der Waals surface area contributed by atoms with Crippen molar-refractivity contribution in [1.29, 1.82) is 0 Å². The molecule has 0 spiro atoms. The Kier molecular flexibility index (Phi) is 17.0. The molecule has 0 N–H and O–H groups in total. The van der Waals surface area contributed by atoms with E-state index in [2.05, 4.69) is 50.2 Å². The molecule has 0 amide bonds. The van der Waals surface area contributed by atoms with E-state index in [9.17, 15) is 0 Å². The standard InChI is InChI=1S/C34H56/c1-3-5-7-9-11-13-15-17-19-21-25-31-29-30-32-26-23-24-28-34(32)33(31)27-22-20-18-16-14-12-10-8-6-4-2/h23-24,26,28-30H,3-22,25,27H2,1-2H3. The third-order valence-corrected chi connectivity index (χ3v) is 7.72. The molecule has 0 fully saturated rings. The van der Waals surface area contributed by atoms with Crippen molar-refractivity contribution in [2.45, 2.75) is 155 Å². The number of benzene rings is 2. The van der Waals surface area contributed by atoms with Crippen molar-refractivity contribution in [2.24, 2.45) is 0 Å². The van der Waals surface area contributed by atoms with Crippen molar-refractivity contribution < 1.29 is 0 Å². The van der Waals surface area contributed by atoms with E-state index in [4.69, 9.17) is 0 Å². The van der Waals surface area contributed by atoms with Crippen LogP contribution in [0.25, 0.3) is 10.8 Å². The smallest absolute Gasteiger partial charge is 0.0149 e. The molecule has 0 saturated carbocycles. The predicted molar refractivity (Wildman–Crippen MR) is 155 cm³/mol. The van der Waals surface area contributed by atoms with Crippen LogP contribution in [0.15, 0.2) is 36.4 Å². The summed E-state index contributed by atoms with van der Waals surface area (Å²) in [6.45, 7) is 4.61. The highest BCUT2D eigenvalue weighted by molar-refractivity contribution is 5.86. The number of rotatable bonds is 22. The number of hydrogen-bond donors (Lipinski definition) is 0. The molecule has 0 unspecified atom stereocenters. The highest BCUT2D eigenvalue weighted by Crippen LogP contribution is 2.26. The predicted octanol–water partition coefficient (Wildman–Crippen LogP) is 11.8. The Balaban J connectivity index is 1.69. The van der Waals surface area contributed by atoms with Crippen molar-refractivity contribution in [1.82, 2.24) is 0 Å². The quantitative estimate of drug-likeness (QED) is 0.152. The fourth-order valence-corrected chi connectivity index (χ4v) is 5.50. The molecule has 0 heterocycles. The van der Waals surface area contributed by atoms with Gasteiger partial charge in [0.15, 0.2) is 0 Å². The van der Waals surface area contributed by atoms with Gasteiger partial charge in [-0.3, -0.25) is 0 Å². The largest absolute Gasteiger partial charge is 0.0654 e. The maximum absolute atomic E-state index is 2.45. The first kappa shape index (κ1) is 28.9. The molecule has 0 atom stereocenters. The zero-order valence-electron chi connectivity index (χ0n) is 23.0. The molecule has 0 heteroatoms. The van der Waals surface area contributed by atoms with Crippen molar-refractivity contribution in [3.63, 3.8) is 0 Å². The maximum Gasteiger partial charge on any atom is -0.0149 e. The van der Waals surface area contributed by atoms with E-state index in [0.29, 0.717) is 0 Å². The fraction of sp³-hybridized carbons (Fsp3) is 0.706. The summed E-state index contributed by atoms with van der Waals surface area (Å²) in [6, 6.07) is 13.9. The molecule has 0 nitrogen and oxygen atoms in total. The second-order valence-electron chi connectivity index (χ2n) is 10.8. The maximum atomic E-state index is 2.45. The fourth-order valence-electron chi connectivity index (χ4n) is 5.50. The molecule has 0 aliphatic carbocycles. The van der Waals surface area contributed by atoms with E-state index in [1.165, 1.54) is 152 Å². The van der Waals surface area contributed by atoms with E-state index in [0.717, 1.165) is 0 Å². The van der Waals surface area contributed by atoms with Crippen LogP contribution in [0.5, 0.6) is 0 Å². The summed E-state index contributed by atoms with van der Waals surface area (Å²) in [4.78, 5) is 0. The molecule has 192 valence electrons. The zero-order valence-corrected chi connectivity index (χ0v) is 23.0. The second kappa shape index (κ2) is 19.9. The van der Waals surface area contributed by atoms with Crippen molar-refractivity contribution in [2.75, 3.05) is 0 Å². The van der Waals surface area contributed by atoms with Crippen molar-refractivity contribution in [3.05, 3.63) is 47.5 Å². The lowest BCUT2D eigenvalue weighted by atomic mass is 9.91. The van der Waals surface area contributed by atoms with Crippen LogP contribution < -0.4 is 0 Å². The Bertz CT molecular complexity index is 728. The van der Waals surface area contributed by atoms with Crippen LogP contribution in [0.3, 0.4) is 0 Å². The van der Waals surface area contributed by atoms with Gasteiger partial charge in [0.1, 0.15) is 0 Å². The summed E-state index contributed by atoms with van der Waals surface area (Å²) in [5.41, 5.74) is 3.29. The van der Waals surface area contributed by atoms with Crippen LogP contribution in [-0.2, 0) is 12.8 Å². The average Bonchev–Trinajstić information content (AvgIpc) is 2.87. The molecule has 0 bridgehead atoms. The summed E-state index contributed by atoms with van der Waals surface area (Å²) in [5.74, 6) is 0. The minimum absolute atomic E-state index is 1.27. The Labute approximate surface area is 213 Å². The SMILES string of the molecule is CCCCCCCCCCCCc1ccc2ccccc2c1CCCCCCCCCCCC. The van der Waals surface area contributed by atoms with Gasteiger partial charge in [0, 0.05) is 0 Å². The van der Waals surface area contributed by atoms with Gasteiger partial charge in [-0.05, 0) is 47.6 Å². The Hall–Kier alpha value is -1.30. The lowest BCUT2D eigenvalue weighted by molar-refractivity contribution is 0.553. The number of fused-ring (bicyclic) bond motifs is 1. The third-order valence-electron chi connectivity index (χ3n) is 7.72. The summed E-state index contributed by atoms with van der Waals surface area (Å²) < 4.78 is 0. The van der Waals surface area contributed by atoms with Gasteiger partial charge in [0.25, 0.3) is 0 Å². The molecule has 0 radical (unpaired) electrons. The number of hydrogen-bond acceptors (Lipinski definition) is 0. The highest BCUT2D eigenvalue weighted by atomic mass is 14.1. The second-order valence-corrected chi connectivity index (χ2v) is 10.8. The van der Waals surface area contributed by atoms with Crippen molar-refractivity contribution in [3.8, 4) is 0 Å². The van der Waals surface area contributed by atoms with Crippen LogP contribution in [-0.4, -0.2) is 0 Å². The summed E-state index contributed by atoms with van der Waals surface area (Å²) in [6.07, 6.45) is 30.9. The number of aryl methyl sites for hydroxylation is 2.